The third kappa shape index (κ3) is 5.85. The van der Waals surface area contributed by atoms with Gasteiger partial charge in [0.25, 0.3) is 0 Å². The van der Waals surface area contributed by atoms with Gasteiger partial charge in [-0.3, -0.25) is 4.79 Å². The highest BCUT2D eigenvalue weighted by Crippen LogP contribution is 2.40. The number of aliphatic hydroxyl groups is 1. The Kier molecular flexibility index (Phi) is 7.95. The molecule has 140 valence electrons. The van der Waals surface area contributed by atoms with Crippen LogP contribution < -0.4 is 0 Å². The first kappa shape index (κ1) is 20.0. The summed E-state index contributed by atoms with van der Waals surface area (Å²) in [5.41, 5.74) is 1.55. The second-order valence-electron chi connectivity index (χ2n) is 7.42. The number of carbonyl (C=O) groups is 1. The van der Waals surface area contributed by atoms with Crippen molar-refractivity contribution in [2.75, 3.05) is 6.61 Å². The lowest BCUT2D eigenvalue weighted by molar-refractivity contribution is -0.151. The van der Waals surface area contributed by atoms with Crippen LogP contribution in [0.5, 0.6) is 0 Å². The molecule has 0 heterocycles. The summed E-state index contributed by atoms with van der Waals surface area (Å²) in [5, 5.41) is 11.0. The zero-order valence-electron chi connectivity index (χ0n) is 15.9. The van der Waals surface area contributed by atoms with Crippen molar-refractivity contribution in [2.24, 2.45) is 5.92 Å². The van der Waals surface area contributed by atoms with Crippen LogP contribution in [-0.2, 0) is 21.6 Å². The van der Waals surface area contributed by atoms with Gasteiger partial charge in [-0.1, -0.05) is 56.9 Å². The van der Waals surface area contributed by atoms with Gasteiger partial charge >= 0.3 is 5.97 Å². The average molecular weight is 347 g/mol. The number of carbonyl (C=O) groups excluding carboxylic acids is 1. The number of unbranched alkanes of at least 4 members (excludes halogenated alkanes) is 4. The van der Waals surface area contributed by atoms with E-state index < -0.39 is 5.60 Å². The van der Waals surface area contributed by atoms with Gasteiger partial charge in [0.2, 0.25) is 0 Å². The van der Waals surface area contributed by atoms with Crippen molar-refractivity contribution >= 4 is 5.97 Å². The van der Waals surface area contributed by atoms with E-state index in [4.69, 9.17) is 4.74 Å². The lowest BCUT2D eigenvalue weighted by Crippen LogP contribution is -2.34. The van der Waals surface area contributed by atoms with E-state index in [9.17, 15) is 9.90 Å². The second kappa shape index (κ2) is 9.96. The van der Waals surface area contributed by atoms with Gasteiger partial charge in [0.05, 0.1) is 18.1 Å². The normalized spacial score (nSPS) is 23.4. The Bertz CT molecular complexity index is 513. The Morgan fingerprint density at radius 3 is 2.32 bits per heavy atom. The van der Waals surface area contributed by atoms with Gasteiger partial charge in [-0.15, -0.1) is 0 Å². The molecule has 0 radical (unpaired) electrons. The van der Waals surface area contributed by atoms with E-state index in [1.807, 2.05) is 6.92 Å². The van der Waals surface area contributed by atoms with Crippen molar-refractivity contribution < 1.29 is 14.6 Å². The summed E-state index contributed by atoms with van der Waals surface area (Å²) in [6.07, 6.45) is 10.3. The highest BCUT2D eigenvalue weighted by molar-refractivity contribution is 5.72. The Labute approximate surface area is 152 Å². The van der Waals surface area contributed by atoms with E-state index in [0.717, 1.165) is 12.0 Å². The lowest BCUT2D eigenvalue weighted by atomic mass is 9.75. The number of benzene rings is 1. The quantitative estimate of drug-likeness (QED) is 0.497. The van der Waals surface area contributed by atoms with E-state index in [-0.39, 0.29) is 11.9 Å². The van der Waals surface area contributed by atoms with Crippen molar-refractivity contribution in [3.63, 3.8) is 0 Å². The minimum Gasteiger partial charge on any atom is -0.466 e. The van der Waals surface area contributed by atoms with Crippen LogP contribution in [-0.4, -0.2) is 17.7 Å². The van der Waals surface area contributed by atoms with E-state index in [1.165, 1.54) is 37.7 Å². The predicted molar refractivity (Wildman–Crippen MR) is 101 cm³/mol. The molecule has 3 heteroatoms. The fourth-order valence-electron chi connectivity index (χ4n) is 3.79. The fourth-order valence-corrected chi connectivity index (χ4v) is 3.79. The van der Waals surface area contributed by atoms with Crippen LogP contribution in [0.4, 0.5) is 0 Å². The van der Waals surface area contributed by atoms with Crippen molar-refractivity contribution in [1.29, 1.82) is 0 Å². The number of aryl methyl sites for hydroxylation is 1. The molecular formula is C22H34O3. The van der Waals surface area contributed by atoms with Crippen molar-refractivity contribution in [2.45, 2.75) is 83.7 Å². The first-order valence-corrected chi connectivity index (χ1v) is 10.1. The number of esters is 1. The van der Waals surface area contributed by atoms with Gasteiger partial charge in [0, 0.05) is 0 Å². The number of hydrogen-bond acceptors (Lipinski definition) is 3. The van der Waals surface area contributed by atoms with Gasteiger partial charge in [-0.25, -0.2) is 0 Å². The first-order valence-electron chi connectivity index (χ1n) is 10.1. The lowest BCUT2D eigenvalue weighted by Gasteiger charge is -2.35. The minimum atomic E-state index is -0.789. The van der Waals surface area contributed by atoms with Gasteiger partial charge in [0.1, 0.15) is 0 Å². The third-order valence-electron chi connectivity index (χ3n) is 5.49. The second-order valence-corrected chi connectivity index (χ2v) is 7.42. The molecule has 1 aliphatic carbocycles. The largest absolute Gasteiger partial charge is 0.466 e. The van der Waals surface area contributed by atoms with Crippen LogP contribution >= 0.6 is 0 Å². The molecule has 25 heavy (non-hydrogen) atoms. The van der Waals surface area contributed by atoms with Gasteiger partial charge < -0.3 is 9.84 Å². The van der Waals surface area contributed by atoms with Gasteiger partial charge in [-0.05, 0) is 56.6 Å². The highest BCUT2D eigenvalue weighted by atomic mass is 16.5. The summed E-state index contributed by atoms with van der Waals surface area (Å²) < 4.78 is 5.11. The molecule has 0 unspecified atom stereocenters. The van der Waals surface area contributed by atoms with E-state index in [1.54, 1.807) is 0 Å². The molecule has 0 spiro atoms. The molecule has 1 aliphatic rings. The molecule has 0 atom stereocenters. The summed E-state index contributed by atoms with van der Waals surface area (Å²) in [7, 11) is 0. The van der Waals surface area contributed by atoms with Crippen LogP contribution in [0.2, 0.25) is 0 Å². The third-order valence-corrected chi connectivity index (χ3v) is 5.49. The molecule has 2 rings (SSSR count). The molecule has 0 saturated heterocycles. The molecule has 1 N–H and O–H groups in total. The maximum atomic E-state index is 11.9. The Morgan fingerprint density at radius 2 is 1.72 bits per heavy atom. The molecule has 3 nitrogen and oxygen atoms in total. The van der Waals surface area contributed by atoms with Crippen LogP contribution in [0, 0.1) is 5.92 Å². The number of rotatable bonds is 9. The molecule has 0 amide bonds. The average Bonchev–Trinajstić information content (AvgIpc) is 2.63. The zero-order valence-corrected chi connectivity index (χ0v) is 15.9. The fraction of sp³-hybridized carbons (Fsp3) is 0.682. The summed E-state index contributed by atoms with van der Waals surface area (Å²) in [4.78, 5) is 11.9. The Hall–Kier alpha value is -1.35. The topological polar surface area (TPSA) is 46.5 Å². The zero-order chi connectivity index (χ0) is 18.1. The van der Waals surface area contributed by atoms with Crippen molar-refractivity contribution in [3.8, 4) is 0 Å². The van der Waals surface area contributed by atoms with Crippen LogP contribution in [0.3, 0.4) is 0 Å². The maximum Gasteiger partial charge on any atom is 0.308 e. The molecular weight excluding hydrogens is 312 g/mol. The monoisotopic (exact) mass is 346 g/mol. The summed E-state index contributed by atoms with van der Waals surface area (Å²) in [6, 6.07) is 8.47. The highest BCUT2D eigenvalue weighted by Gasteiger charge is 2.37. The molecule has 1 saturated carbocycles. The SMILES string of the molecule is CCCCCCCc1ccc(C2(O)CCC(C(=O)OCC)CC2)cc1. The minimum absolute atomic E-state index is 0.0531. The molecule has 0 bridgehead atoms. The van der Waals surface area contributed by atoms with Crippen LogP contribution in [0.25, 0.3) is 0 Å². The molecule has 1 aromatic carbocycles. The standard InChI is InChI=1S/C22H34O3/c1-3-5-6-7-8-9-18-10-12-20(13-11-18)22(24)16-14-19(15-17-22)21(23)25-4-2/h10-13,19,24H,3-9,14-17H2,1-2H3. The summed E-state index contributed by atoms with van der Waals surface area (Å²) >= 11 is 0. The molecule has 0 aromatic heterocycles. The van der Waals surface area contributed by atoms with Gasteiger partial charge in [-0.2, -0.15) is 0 Å². The van der Waals surface area contributed by atoms with Crippen LogP contribution in [0.15, 0.2) is 24.3 Å². The molecule has 1 fully saturated rings. The maximum absolute atomic E-state index is 11.9. The van der Waals surface area contributed by atoms with Crippen LogP contribution in [0.1, 0.15) is 82.8 Å². The Morgan fingerprint density at radius 1 is 1.08 bits per heavy atom. The van der Waals surface area contributed by atoms with Crippen molar-refractivity contribution in [1.82, 2.24) is 0 Å². The number of ether oxygens (including phenoxy) is 1. The molecule has 0 aliphatic heterocycles. The van der Waals surface area contributed by atoms with E-state index in [0.29, 0.717) is 32.3 Å². The summed E-state index contributed by atoms with van der Waals surface area (Å²) in [6.45, 7) is 4.51. The Balaban J connectivity index is 1.84. The molecule has 1 aromatic rings. The van der Waals surface area contributed by atoms with Crippen molar-refractivity contribution in [3.05, 3.63) is 35.4 Å². The predicted octanol–water partition coefficient (Wildman–Crippen LogP) is 5.14. The first-order chi connectivity index (χ1) is 12.1. The number of hydrogen-bond donors (Lipinski definition) is 1. The summed E-state index contributed by atoms with van der Waals surface area (Å²) in [5.74, 6) is -0.161. The van der Waals surface area contributed by atoms with E-state index in [2.05, 4.69) is 31.2 Å². The smallest absolute Gasteiger partial charge is 0.308 e. The van der Waals surface area contributed by atoms with E-state index >= 15 is 0 Å². The van der Waals surface area contributed by atoms with Gasteiger partial charge in [0.15, 0.2) is 0 Å².